The number of benzene rings is 2. The first-order valence-electron chi connectivity index (χ1n) is 13.1. The number of aryl methyl sites for hydroxylation is 1. The standard InChI is InChI=1S/C30H28ClN7O2/c1-3-38-28-21(15-24(29(38)39)23-10-7-20(16-25(23)31)27-32-11-4-12-33-27)17-34-30(36-28)35-22-8-5-19(6-9-22)26-18-37(2)13-14-40-26/h4-12,15-17,26H,3,13-14,18H2,1-2H3,(H,34,35,36). The molecular weight excluding hydrogens is 526 g/mol. The fraction of sp³-hybridized carbons (Fsp3) is 0.233. The molecule has 9 nitrogen and oxygen atoms in total. The van der Waals surface area contributed by atoms with Crippen molar-refractivity contribution in [1.29, 1.82) is 0 Å². The van der Waals surface area contributed by atoms with Gasteiger partial charge in [-0.2, -0.15) is 4.98 Å². The van der Waals surface area contributed by atoms with E-state index in [9.17, 15) is 4.79 Å². The van der Waals surface area contributed by atoms with Crippen molar-refractivity contribution in [3.8, 4) is 22.5 Å². The molecule has 0 saturated carbocycles. The Balaban J connectivity index is 1.29. The van der Waals surface area contributed by atoms with Crippen LogP contribution in [0.25, 0.3) is 33.5 Å². The van der Waals surface area contributed by atoms with E-state index in [-0.39, 0.29) is 11.7 Å². The van der Waals surface area contributed by atoms with Gasteiger partial charge in [0.15, 0.2) is 5.82 Å². The van der Waals surface area contributed by atoms with Crippen LogP contribution >= 0.6 is 11.6 Å². The number of morpholine rings is 1. The molecule has 202 valence electrons. The van der Waals surface area contributed by atoms with Crippen LogP contribution in [-0.2, 0) is 11.3 Å². The van der Waals surface area contributed by atoms with Gasteiger partial charge in [0.25, 0.3) is 5.56 Å². The Morgan fingerprint density at radius 3 is 2.58 bits per heavy atom. The Morgan fingerprint density at radius 1 is 1.05 bits per heavy atom. The molecule has 1 saturated heterocycles. The maximum absolute atomic E-state index is 13.6. The van der Waals surface area contributed by atoms with Gasteiger partial charge in [0.05, 0.1) is 12.7 Å². The van der Waals surface area contributed by atoms with Gasteiger partial charge in [-0.1, -0.05) is 35.9 Å². The van der Waals surface area contributed by atoms with E-state index in [0.717, 1.165) is 41.9 Å². The summed E-state index contributed by atoms with van der Waals surface area (Å²) in [4.78, 5) is 33.6. The summed E-state index contributed by atoms with van der Waals surface area (Å²) in [5, 5.41) is 4.44. The second-order valence-electron chi connectivity index (χ2n) is 9.72. The number of ether oxygens (including phenoxy) is 1. The van der Waals surface area contributed by atoms with E-state index in [4.69, 9.17) is 21.3 Å². The van der Waals surface area contributed by atoms with E-state index in [0.29, 0.717) is 40.1 Å². The minimum atomic E-state index is -0.174. The van der Waals surface area contributed by atoms with Crippen molar-refractivity contribution in [2.75, 3.05) is 32.1 Å². The molecule has 0 bridgehead atoms. The van der Waals surface area contributed by atoms with Crippen molar-refractivity contribution in [3.63, 3.8) is 0 Å². The number of pyridine rings is 1. The summed E-state index contributed by atoms with van der Waals surface area (Å²) in [6, 6.07) is 17.1. The van der Waals surface area contributed by atoms with Gasteiger partial charge in [-0.15, -0.1) is 0 Å². The lowest BCUT2D eigenvalue weighted by Crippen LogP contribution is -2.35. The number of fused-ring (bicyclic) bond motifs is 1. The average molecular weight is 554 g/mol. The van der Waals surface area contributed by atoms with Crippen molar-refractivity contribution < 1.29 is 4.74 Å². The first-order chi connectivity index (χ1) is 19.5. The molecule has 1 unspecified atom stereocenters. The summed E-state index contributed by atoms with van der Waals surface area (Å²) in [6.07, 6.45) is 5.14. The van der Waals surface area contributed by atoms with Gasteiger partial charge in [-0.25, -0.2) is 15.0 Å². The van der Waals surface area contributed by atoms with Gasteiger partial charge in [0.1, 0.15) is 5.65 Å². The Bertz CT molecular complexity index is 1730. The second kappa shape index (κ2) is 11.1. The van der Waals surface area contributed by atoms with E-state index >= 15 is 0 Å². The van der Waals surface area contributed by atoms with Crippen molar-refractivity contribution in [2.24, 2.45) is 0 Å². The first-order valence-corrected chi connectivity index (χ1v) is 13.5. The third-order valence-electron chi connectivity index (χ3n) is 7.03. The fourth-order valence-electron chi connectivity index (χ4n) is 4.92. The highest BCUT2D eigenvalue weighted by Gasteiger charge is 2.20. The van der Waals surface area contributed by atoms with Crippen LogP contribution in [0.2, 0.25) is 5.02 Å². The topological polar surface area (TPSA) is 98.1 Å². The summed E-state index contributed by atoms with van der Waals surface area (Å²) < 4.78 is 7.56. The second-order valence-corrected chi connectivity index (χ2v) is 10.1. The molecule has 0 spiro atoms. The molecular formula is C30H28ClN7O2. The minimum absolute atomic E-state index is 0.0641. The van der Waals surface area contributed by atoms with E-state index in [1.165, 1.54) is 0 Å². The molecule has 0 radical (unpaired) electrons. The number of aromatic nitrogens is 5. The highest BCUT2D eigenvalue weighted by atomic mass is 35.5. The lowest BCUT2D eigenvalue weighted by atomic mass is 10.0. The number of nitrogens with one attached hydrogen (secondary N) is 1. The molecule has 3 aromatic heterocycles. The van der Waals surface area contributed by atoms with Gasteiger partial charge in [0.2, 0.25) is 5.95 Å². The first kappa shape index (κ1) is 26.1. The van der Waals surface area contributed by atoms with Crippen LogP contribution in [0.1, 0.15) is 18.6 Å². The summed E-state index contributed by atoms with van der Waals surface area (Å²) in [5.74, 6) is 0.979. The van der Waals surface area contributed by atoms with Crippen molar-refractivity contribution in [3.05, 3.63) is 94.1 Å². The monoisotopic (exact) mass is 553 g/mol. The number of likely N-dealkylation sites (N-methyl/N-ethyl adjacent to an activating group) is 1. The third kappa shape index (κ3) is 5.19. The molecule has 1 N–H and O–H groups in total. The van der Waals surface area contributed by atoms with Crippen LogP contribution in [0.15, 0.2) is 78.0 Å². The number of nitrogens with zero attached hydrogens (tertiary/aromatic N) is 6. The molecule has 0 aliphatic carbocycles. The quantitative estimate of drug-likeness (QED) is 0.301. The molecule has 10 heteroatoms. The van der Waals surface area contributed by atoms with Crippen LogP contribution < -0.4 is 10.9 Å². The molecule has 0 amide bonds. The maximum Gasteiger partial charge on any atom is 0.260 e. The van der Waals surface area contributed by atoms with E-state index < -0.39 is 0 Å². The predicted octanol–water partition coefficient (Wildman–Crippen LogP) is 5.34. The highest BCUT2D eigenvalue weighted by Crippen LogP contribution is 2.31. The van der Waals surface area contributed by atoms with Gasteiger partial charge in [0, 0.05) is 71.0 Å². The maximum atomic E-state index is 13.6. The smallest absolute Gasteiger partial charge is 0.260 e. The number of rotatable bonds is 6. The van der Waals surface area contributed by atoms with Crippen LogP contribution in [0, 0.1) is 0 Å². The third-order valence-corrected chi connectivity index (χ3v) is 7.35. The number of hydrogen-bond acceptors (Lipinski definition) is 8. The van der Waals surface area contributed by atoms with Gasteiger partial charge >= 0.3 is 0 Å². The Morgan fingerprint density at radius 2 is 1.85 bits per heavy atom. The number of anilines is 2. The highest BCUT2D eigenvalue weighted by molar-refractivity contribution is 6.33. The number of halogens is 1. The molecule has 5 aromatic rings. The average Bonchev–Trinajstić information content (AvgIpc) is 2.98. The molecule has 6 rings (SSSR count). The zero-order valence-corrected chi connectivity index (χ0v) is 23.0. The molecule has 2 aromatic carbocycles. The van der Waals surface area contributed by atoms with Crippen LogP contribution in [0.5, 0.6) is 0 Å². The minimum Gasteiger partial charge on any atom is -0.371 e. The number of hydrogen-bond donors (Lipinski definition) is 1. The SMILES string of the molecule is CCn1c(=O)c(-c2ccc(-c3ncccn3)cc2Cl)cc2cnc(Nc3ccc(C4CN(C)CCO4)cc3)nc21. The zero-order valence-electron chi connectivity index (χ0n) is 22.2. The Kier molecular flexibility index (Phi) is 7.25. The Hall–Kier alpha value is -4.18. The zero-order chi connectivity index (χ0) is 27.6. The van der Waals surface area contributed by atoms with Crippen molar-refractivity contribution >= 4 is 34.3 Å². The molecule has 1 fully saturated rings. The van der Waals surface area contributed by atoms with Crippen molar-refractivity contribution in [1.82, 2.24) is 29.4 Å². The molecule has 1 aliphatic rings. The molecule has 1 atom stereocenters. The lowest BCUT2D eigenvalue weighted by Gasteiger charge is -2.30. The predicted molar refractivity (Wildman–Crippen MR) is 157 cm³/mol. The Labute approximate surface area is 236 Å². The lowest BCUT2D eigenvalue weighted by molar-refractivity contribution is -0.0208. The summed E-state index contributed by atoms with van der Waals surface area (Å²) in [5.41, 5.74) is 4.25. The largest absolute Gasteiger partial charge is 0.371 e. The summed E-state index contributed by atoms with van der Waals surface area (Å²) >= 11 is 6.66. The van der Waals surface area contributed by atoms with Crippen molar-refractivity contribution in [2.45, 2.75) is 19.6 Å². The van der Waals surface area contributed by atoms with Gasteiger partial charge in [-0.05, 0) is 49.9 Å². The van der Waals surface area contributed by atoms with Crippen LogP contribution in [-0.4, -0.2) is 56.1 Å². The van der Waals surface area contributed by atoms with E-state index in [1.54, 1.807) is 41.4 Å². The molecule has 40 heavy (non-hydrogen) atoms. The van der Waals surface area contributed by atoms with Crippen LogP contribution in [0.4, 0.5) is 11.6 Å². The van der Waals surface area contributed by atoms with Gasteiger partial charge < -0.3 is 15.0 Å². The van der Waals surface area contributed by atoms with E-state index in [2.05, 4.69) is 44.3 Å². The normalized spacial score (nSPS) is 15.8. The fourth-order valence-corrected chi connectivity index (χ4v) is 5.20. The van der Waals surface area contributed by atoms with E-state index in [1.807, 2.05) is 31.2 Å². The van der Waals surface area contributed by atoms with Crippen LogP contribution in [0.3, 0.4) is 0 Å². The summed E-state index contributed by atoms with van der Waals surface area (Å²) in [6.45, 7) is 4.91. The summed E-state index contributed by atoms with van der Waals surface area (Å²) in [7, 11) is 2.10. The molecule has 4 heterocycles. The molecule has 1 aliphatic heterocycles. The van der Waals surface area contributed by atoms with Gasteiger partial charge in [-0.3, -0.25) is 9.36 Å².